The van der Waals surface area contributed by atoms with Crippen molar-refractivity contribution in [3.8, 4) is 5.00 Å². The molecule has 33 heavy (non-hydrogen) atoms. The van der Waals surface area contributed by atoms with Gasteiger partial charge in [-0.1, -0.05) is 29.4 Å². The monoisotopic (exact) mass is 503 g/mol. The fourth-order valence-corrected chi connectivity index (χ4v) is 6.66. The fourth-order valence-electron chi connectivity index (χ4n) is 4.42. The van der Waals surface area contributed by atoms with E-state index in [0.29, 0.717) is 35.1 Å². The fraction of sp³-hybridized carbons (Fsp3) is 0.381. The number of carbonyl (C=O) groups excluding carboxylic acids is 1. The van der Waals surface area contributed by atoms with Gasteiger partial charge < -0.3 is 10.1 Å². The van der Waals surface area contributed by atoms with E-state index in [0.717, 1.165) is 11.4 Å². The molecule has 1 unspecified atom stereocenters. The summed E-state index contributed by atoms with van der Waals surface area (Å²) in [4.78, 5) is 13.8. The van der Waals surface area contributed by atoms with Crippen molar-refractivity contribution in [1.82, 2.24) is 25.5 Å². The van der Waals surface area contributed by atoms with Crippen LogP contribution in [0.2, 0.25) is 5.02 Å². The van der Waals surface area contributed by atoms with E-state index in [4.69, 9.17) is 16.3 Å². The summed E-state index contributed by atoms with van der Waals surface area (Å²) in [6.07, 6.45) is 0.844. The number of hydrazine groups is 1. The van der Waals surface area contributed by atoms with Gasteiger partial charge in [-0.05, 0) is 37.6 Å². The molecule has 2 aromatic heterocycles. The van der Waals surface area contributed by atoms with Crippen molar-refractivity contribution in [2.24, 2.45) is 0 Å². The number of nitrogens with one attached hydrogen (secondary N) is 3. The lowest BCUT2D eigenvalue weighted by Crippen LogP contribution is -2.40. The van der Waals surface area contributed by atoms with Gasteiger partial charge in [-0.2, -0.15) is 0 Å². The molecule has 0 bridgehead atoms. The minimum absolute atomic E-state index is 0.00502. The van der Waals surface area contributed by atoms with Gasteiger partial charge in [-0.3, -0.25) is 15.1 Å². The lowest BCUT2D eigenvalue weighted by Gasteiger charge is -2.34. The Balaban J connectivity index is 1.31. The zero-order valence-corrected chi connectivity index (χ0v) is 20.4. The van der Waals surface area contributed by atoms with Crippen molar-refractivity contribution >= 4 is 52.2 Å². The number of halogens is 1. The van der Waals surface area contributed by atoms with E-state index in [1.807, 2.05) is 11.1 Å². The topological polar surface area (TPSA) is 96.3 Å². The molecule has 0 aliphatic carbocycles. The number of nitrogens with zero attached hydrogens (tertiary/aromatic N) is 4. The summed E-state index contributed by atoms with van der Waals surface area (Å²) in [6, 6.07) is 7.11. The molecule has 1 saturated heterocycles. The van der Waals surface area contributed by atoms with E-state index in [1.165, 1.54) is 27.8 Å². The van der Waals surface area contributed by atoms with Gasteiger partial charge in [0.25, 0.3) is 0 Å². The predicted molar refractivity (Wildman–Crippen MR) is 129 cm³/mol. The molecule has 0 saturated carbocycles. The molecule has 172 valence electrons. The Labute approximate surface area is 203 Å². The molecule has 6 rings (SSSR count). The van der Waals surface area contributed by atoms with Crippen molar-refractivity contribution in [2.75, 3.05) is 22.7 Å². The molecule has 3 N–H and O–H groups in total. The minimum Gasteiger partial charge on any atom is -0.370 e. The zero-order valence-electron chi connectivity index (χ0n) is 18.0. The van der Waals surface area contributed by atoms with Crippen LogP contribution in [0.3, 0.4) is 0 Å². The minimum atomic E-state index is -0.206. The zero-order chi connectivity index (χ0) is 22.7. The second kappa shape index (κ2) is 7.97. The second-order valence-corrected chi connectivity index (χ2v) is 11.2. The van der Waals surface area contributed by atoms with E-state index in [2.05, 4.69) is 44.7 Å². The van der Waals surface area contributed by atoms with Crippen molar-refractivity contribution in [3.63, 3.8) is 0 Å². The van der Waals surface area contributed by atoms with Gasteiger partial charge in [-0.25, -0.2) is 9.99 Å². The Kier molecular flexibility index (Phi) is 5.16. The van der Waals surface area contributed by atoms with Gasteiger partial charge in [-0.15, -0.1) is 21.5 Å². The summed E-state index contributed by atoms with van der Waals surface area (Å²) >= 11 is 9.10. The van der Waals surface area contributed by atoms with Crippen molar-refractivity contribution in [3.05, 3.63) is 45.3 Å². The molecule has 3 aromatic rings. The number of hydrogen-bond acceptors (Lipinski definition) is 9. The first-order valence-electron chi connectivity index (χ1n) is 10.6. The van der Waals surface area contributed by atoms with Gasteiger partial charge in [0, 0.05) is 27.6 Å². The van der Waals surface area contributed by atoms with Gasteiger partial charge >= 0.3 is 0 Å². The number of thioether (sulfide) groups is 1. The quantitative estimate of drug-likeness (QED) is 0.466. The second-order valence-electron chi connectivity index (χ2n) is 8.72. The SMILES string of the molecule is CC1(C)Cc2c(sc3c2C2NCNN2c2nnc(SCC(=O)Nc4cccc(Cl)c4)n2-3)CO1. The van der Waals surface area contributed by atoms with Gasteiger partial charge in [0.2, 0.25) is 11.9 Å². The molecule has 1 atom stereocenters. The lowest BCUT2D eigenvalue weighted by atomic mass is 9.92. The van der Waals surface area contributed by atoms with Crippen LogP contribution < -0.4 is 21.1 Å². The molecule has 9 nitrogen and oxygen atoms in total. The predicted octanol–water partition coefficient (Wildman–Crippen LogP) is 3.45. The molecule has 1 amide bonds. The van der Waals surface area contributed by atoms with Crippen molar-refractivity contribution in [1.29, 1.82) is 0 Å². The highest BCUT2D eigenvalue weighted by molar-refractivity contribution is 7.99. The van der Waals surface area contributed by atoms with Gasteiger partial charge in [0.05, 0.1) is 24.6 Å². The standard InChI is InChI=1S/C21H22ClN7O2S2/c1-21(2)7-13-14(8-31-21)33-18-16(13)17-23-10-24-29(17)19-26-27-20(28(18)19)32-9-15(30)25-12-5-3-4-11(22)6-12/h3-6,17,23-24H,7-10H2,1-2H3,(H,25,30). The van der Waals surface area contributed by atoms with E-state index >= 15 is 0 Å². The van der Waals surface area contributed by atoms with Crippen LogP contribution in [0.1, 0.15) is 36.0 Å². The summed E-state index contributed by atoms with van der Waals surface area (Å²) in [5.41, 5.74) is 6.41. The summed E-state index contributed by atoms with van der Waals surface area (Å²) in [5, 5.41) is 19.7. The lowest BCUT2D eigenvalue weighted by molar-refractivity contribution is -0.113. The largest absolute Gasteiger partial charge is 0.370 e. The third-order valence-corrected chi connectivity index (χ3v) is 8.23. The number of benzene rings is 1. The molecule has 1 fully saturated rings. The van der Waals surface area contributed by atoms with Crippen LogP contribution in [0.4, 0.5) is 11.6 Å². The van der Waals surface area contributed by atoms with Crippen LogP contribution in [0.15, 0.2) is 29.4 Å². The van der Waals surface area contributed by atoms with E-state index in [1.54, 1.807) is 29.5 Å². The number of amides is 1. The summed E-state index contributed by atoms with van der Waals surface area (Å²) in [7, 11) is 0. The van der Waals surface area contributed by atoms with Crippen molar-refractivity contribution < 1.29 is 9.53 Å². The first kappa shape index (κ1) is 21.4. The molecule has 3 aliphatic heterocycles. The first-order valence-corrected chi connectivity index (χ1v) is 12.8. The number of thiophene rings is 1. The van der Waals surface area contributed by atoms with E-state index in [-0.39, 0.29) is 23.4 Å². The number of carbonyl (C=O) groups is 1. The van der Waals surface area contributed by atoms with Crippen molar-refractivity contribution in [2.45, 2.75) is 43.8 Å². The maximum absolute atomic E-state index is 12.6. The number of rotatable bonds is 4. The molecule has 12 heteroatoms. The average Bonchev–Trinajstić information content (AvgIpc) is 3.47. The maximum Gasteiger partial charge on any atom is 0.249 e. The van der Waals surface area contributed by atoms with Crippen LogP contribution in [-0.2, 0) is 22.6 Å². The number of aromatic nitrogens is 3. The average molecular weight is 504 g/mol. The van der Waals surface area contributed by atoms with Crippen LogP contribution in [0.5, 0.6) is 0 Å². The maximum atomic E-state index is 12.6. The molecule has 1 aromatic carbocycles. The molecule has 0 spiro atoms. The first-order chi connectivity index (χ1) is 15.9. The van der Waals surface area contributed by atoms with E-state index < -0.39 is 0 Å². The highest BCUT2D eigenvalue weighted by Crippen LogP contribution is 2.48. The summed E-state index contributed by atoms with van der Waals surface area (Å²) in [5.74, 6) is 0.792. The van der Waals surface area contributed by atoms with Crippen LogP contribution in [-0.4, -0.2) is 38.7 Å². The van der Waals surface area contributed by atoms with E-state index in [9.17, 15) is 4.79 Å². The Bertz CT molecular complexity index is 1260. The Morgan fingerprint density at radius 3 is 3.15 bits per heavy atom. The molecule has 3 aliphatic rings. The van der Waals surface area contributed by atoms with Crippen LogP contribution >= 0.6 is 34.7 Å². The third kappa shape index (κ3) is 3.72. The number of anilines is 2. The van der Waals surface area contributed by atoms with Gasteiger partial charge in [0.15, 0.2) is 5.16 Å². The Hall–Kier alpha value is -2.15. The molecule has 5 heterocycles. The highest BCUT2D eigenvalue weighted by atomic mass is 35.5. The number of fused-ring (bicyclic) bond motifs is 8. The van der Waals surface area contributed by atoms with Crippen LogP contribution in [0.25, 0.3) is 5.00 Å². The van der Waals surface area contributed by atoms with Gasteiger partial charge in [0.1, 0.15) is 11.2 Å². The number of ether oxygens (including phenoxy) is 1. The summed E-state index contributed by atoms with van der Waals surface area (Å²) < 4.78 is 8.13. The number of hydrogen-bond donors (Lipinski definition) is 3. The normalized spacial score (nSPS) is 20.1. The Morgan fingerprint density at radius 1 is 1.42 bits per heavy atom. The third-order valence-electron chi connectivity index (χ3n) is 5.86. The van der Waals surface area contributed by atoms with Crippen LogP contribution in [0, 0.1) is 0 Å². The smallest absolute Gasteiger partial charge is 0.249 e. The highest BCUT2D eigenvalue weighted by Gasteiger charge is 2.43. The molecular formula is C21H22ClN7O2S2. The molecule has 0 radical (unpaired) electrons. The Morgan fingerprint density at radius 2 is 2.30 bits per heavy atom. The summed E-state index contributed by atoms with van der Waals surface area (Å²) in [6.45, 7) is 5.50. The molecular weight excluding hydrogens is 482 g/mol.